The third-order valence-electron chi connectivity index (χ3n) is 3.13. The first kappa shape index (κ1) is 16.8. The van der Waals surface area contributed by atoms with Gasteiger partial charge in [0.25, 0.3) is 0 Å². The number of furan rings is 1. The summed E-state index contributed by atoms with van der Waals surface area (Å²) >= 11 is 4.88. The first-order valence-corrected chi connectivity index (χ1v) is 9.15. The van der Waals surface area contributed by atoms with Gasteiger partial charge in [-0.1, -0.05) is 27.7 Å². The average molecular weight is 407 g/mol. The fourth-order valence-electron chi connectivity index (χ4n) is 1.94. The number of hydrogen-bond donors (Lipinski definition) is 0. The van der Waals surface area contributed by atoms with Gasteiger partial charge >= 0.3 is 0 Å². The Balaban J connectivity index is 1.64. The van der Waals surface area contributed by atoms with Crippen LogP contribution >= 0.6 is 27.7 Å². The molecule has 24 heavy (non-hydrogen) atoms. The van der Waals surface area contributed by atoms with Crippen LogP contribution in [0.1, 0.15) is 17.3 Å². The predicted molar refractivity (Wildman–Crippen MR) is 96.7 cm³/mol. The predicted octanol–water partition coefficient (Wildman–Crippen LogP) is 4.13. The van der Waals surface area contributed by atoms with Gasteiger partial charge in [-0.3, -0.25) is 0 Å². The molecule has 0 amide bonds. The molecule has 0 unspecified atom stereocenters. The van der Waals surface area contributed by atoms with Crippen LogP contribution in [0.2, 0.25) is 0 Å². The van der Waals surface area contributed by atoms with Gasteiger partial charge in [0.05, 0.1) is 6.21 Å². The highest BCUT2D eigenvalue weighted by molar-refractivity contribution is 9.10. The second-order valence-corrected chi connectivity index (χ2v) is 6.53. The fraction of sp³-hybridized carbons (Fsp3) is 0.188. The maximum absolute atomic E-state index is 5.70. The topological polar surface area (TPSA) is 65.4 Å². The van der Waals surface area contributed by atoms with Crippen molar-refractivity contribution in [1.29, 1.82) is 0 Å². The molecule has 0 saturated carbocycles. The molecular formula is C16H15BrN4O2S. The number of nitrogens with zero attached hydrogens (tertiary/aromatic N) is 4. The number of ether oxygens (including phenoxy) is 1. The number of benzene rings is 1. The molecule has 6 nitrogen and oxygen atoms in total. The van der Waals surface area contributed by atoms with Gasteiger partial charge in [-0.2, -0.15) is 9.78 Å². The molecule has 0 atom stereocenters. The van der Waals surface area contributed by atoms with E-state index in [4.69, 9.17) is 9.15 Å². The summed E-state index contributed by atoms with van der Waals surface area (Å²) in [6.07, 6.45) is 3.57. The highest BCUT2D eigenvalue weighted by Gasteiger charge is 2.06. The lowest BCUT2D eigenvalue weighted by Gasteiger charge is -2.03. The van der Waals surface area contributed by atoms with Crippen LogP contribution in [0.25, 0.3) is 0 Å². The monoisotopic (exact) mass is 406 g/mol. The van der Waals surface area contributed by atoms with Crippen molar-refractivity contribution in [2.75, 3.05) is 6.26 Å². The second kappa shape index (κ2) is 7.67. The van der Waals surface area contributed by atoms with E-state index in [0.29, 0.717) is 12.4 Å². The van der Waals surface area contributed by atoms with Gasteiger partial charge in [-0.05, 0) is 49.6 Å². The summed E-state index contributed by atoms with van der Waals surface area (Å²) < 4.78 is 14.1. The van der Waals surface area contributed by atoms with Gasteiger partial charge in [0.15, 0.2) is 5.82 Å². The molecule has 0 saturated heterocycles. The third-order valence-corrected chi connectivity index (χ3v) is 4.28. The molecule has 0 spiro atoms. The zero-order valence-electron chi connectivity index (χ0n) is 13.1. The maximum Gasteiger partial charge on any atom is 0.211 e. The van der Waals surface area contributed by atoms with Crippen LogP contribution in [-0.4, -0.2) is 27.3 Å². The van der Waals surface area contributed by atoms with Crippen LogP contribution in [0, 0.1) is 6.92 Å². The van der Waals surface area contributed by atoms with E-state index >= 15 is 0 Å². The van der Waals surface area contributed by atoms with Crippen molar-refractivity contribution in [3.05, 3.63) is 58.2 Å². The molecule has 0 bridgehead atoms. The average Bonchev–Trinajstić information content (AvgIpc) is 3.18. The molecule has 3 aromatic rings. The Labute approximate surface area is 152 Å². The Morgan fingerprint density at radius 1 is 1.25 bits per heavy atom. The number of hydrogen-bond acceptors (Lipinski definition) is 6. The fourth-order valence-corrected chi connectivity index (χ4v) is 2.68. The van der Waals surface area contributed by atoms with E-state index in [1.807, 2.05) is 49.6 Å². The zero-order valence-corrected chi connectivity index (χ0v) is 15.5. The number of aromatic nitrogens is 3. The molecule has 0 N–H and O–H groups in total. The first-order valence-electron chi connectivity index (χ1n) is 7.13. The van der Waals surface area contributed by atoms with Crippen molar-refractivity contribution in [3.8, 4) is 5.75 Å². The lowest BCUT2D eigenvalue weighted by atomic mass is 10.3. The van der Waals surface area contributed by atoms with Crippen molar-refractivity contribution in [3.63, 3.8) is 0 Å². The van der Waals surface area contributed by atoms with Crippen molar-refractivity contribution in [1.82, 2.24) is 14.9 Å². The van der Waals surface area contributed by atoms with Crippen molar-refractivity contribution in [2.45, 2.75) is 18.7 Å². The normalized spacial score (nSPS) is 11.3. The number of rotatable bonds is 6. The molecule has 3 rings (SSSR count). The molecule has 1 aromatic carbocycles. The maximum atomic E-state index is 5.70. The summed E-state index contributed by atoms with van der Waals surface area (Å²) in [4.78, 5) is 0. The van der Waals surface area contributed by atoms with Gasteiger partial charge in [-0.15, -0.1) is 10.2 Å². The van der Waals surface area contributed by atoms with Gasteiger partial charge in [0.2, 0.25) is 5.16 Å². The van der Waals surface area contributed by atoms with Crippen molar-refractivity contribution < 1.29 is 9.15 Å². The number of thioether (sulfide) groups is 1. The molecule has 0 aliphatic heterocycles. The Morgan fingerprint density at radius 2 is 2.04 bits per heavy atom. The van der Waals surface area contributed by atoms with Gasteiger partial charge in [-0.25, -0.2) is 0 Å². The molecular weight excluding hydrogens is 392 g/mol. The van der Waals surface area contributed by atoms with Crippen LogP contribution in [0.5, 0.6) is 5.75 Å². The first-order chi connectivity index (χ1) is 11.7. The lowest BCUT2D eigenvalue weighted by molar-refractivity contribution is 0.270. The number of halogens is 1. The Bertz CT molecular complexity index is 842. The quantitative estimate of drug-likeness (QED) is 0.454. The summed E-state index contributed by atoms with van der Waals surface area (Å²) in [6, 6.07) is 11.4. The molecule has 2 aromatic heterocycles. The highest BCUT2D eigenvalue weighted by Crippen LogP contribution is 2.18. The minimum atomic E-state index is 0.358. The summed E-state index contributed by atoms with van der Waals surface area (Å²) in [5, 5.41) is 13.1. The number of aryl methyl sites for hydroxylation is 1. The summed E-state index contributed by atoms with van der Waals surface area (Å²) in [6.45, 7) is 2.21. The Hall–Kier alpha value is -2.06. The molecule has 0 aliphatic carbocycles. The van der Waals surface area contributed by atoms with E-state index in [1.54, 1.807) is 10.9 Å². The van der Waals surface area contributed by atoms with Crippen LogP contribution in [-0.2, 0) is 6.61 Å². The SMILES string of the molecule is CSc1nnc(C)n1/N=C/c1ccc(COc2ccc(Br)cc2)o1. The van der Waals surface area contributed by atoms with Crippen LogP contribution in [0.4, 0.5) is 0 Å². The molecule has 0 aliphatic rings. The molecule has 0 fully saturated rings. The van der Waals surface area contributed by atoms with E-state index in [-0.39, 0.29) is 0 Å². The standard InChI is InChI=1S/C16H15BrN4O2S/c1-11-19-20-16(24-2)21(11)18-9-14-7-8-15(23-14)10-22-13-5-3-12(17)4-6-13/h3-9H,10H2,1-2H3/b18-9+. The van der Waals surface area contributed by atoms with Gasteiger partial charge in [0.1, 0.15) is 23.9 Å². The molecule has 0 radical (unpaired) electrons. The summed E-state index contributed by atoms with van der Waals surface area (Å²) in [5.41, 5.74) is 0. The van der Waals surface area contributed by atoms with Crippen molar-refractivity contribution in [2.24, 2.45) is 5.10 Å². The van der Waals surface area contributed by atoms with Crippen LogP contribution < -0.4 is 4.74 Å². The van der Waals surface area contributed by atoms with E-state index in [9.17, 15) is 0 Å². The third kappa shape index (κ3) is 4.07. The minimum absolute atomic E-state index is 0.358. The molecule has 8 heteroatoms. The van der Waals surface area contributed by atoms with Crippen LogP contribution in [0.15, 0.2) is 55.5 Å². The molecule has 2 heterocycles. The van der Waals surface area contributed by atoms with Crippen LogP contribution in [0.3, 0.4) is 0 Å². The van der Waals surface area contributed by atoms with Gasteiger partial charge < -0.3 is 9.15 Å². The summed E-state index contributed by atoms with van der Waals surface area (Å²) in [5.74, 6) is 2.88. The van der Waals surface area contributed by atoms with E-state index in [0.717, 1.165) is 27.0 Å². The summed E-state index contributed by atoms with van der Waals surface area (Å²) in [7, 11) is 0. The Kier molecular flexibility index (Phi) is 5.37. The van der Waals surface area contributed by atoms with Gasteiger partial charge in [0, 0.05) is 4.47 Å². The van der Waals surface area contributed by atoms with Crippen molar-refractivity contribution >= 4 is 33.9 Å². The second-order valence-electron chi connectivity index (χ2n) is 4.84. The van der Waals surface area contributed by atoms with E-state index in [1.165, 1.54) is 11.8 Å². The van der Waals surface area contributed by atoms with E-state index < -0.39 is 0 Å². The zero-order chi connectivity index (χ0) is 16.9. The smallest absolute Gasteiger partial charge is 0.211 e. The highest BCUT2D eigenvalue weighted by atomic mass is 79.9. The van der Waals surface area contributed by atoms with E-state index in [2.05, 4.69) is 31.2 Å². The largest absolute Gasteiger partial charge is 0.486 e. The lowest BCUT2D eigenvalue weighted by Crippen LogP contribution is -1.95. The Morgan fingerprint density at radius 3 is 2.79 bits per heavy atom. The minimum Gasteiger partial charge on any atom is -0.486 e. The molecule has 124 valence electrons.